The van der Waals surface area contributed by atoms with Crippen LogP contribution in [0.2, 0.25) is 0 Å². The molecule has 0 amide bonds. The molecule has 156 valence electrons. The summed E-state index contributed by atoms with van der Waals surface area (Å²) < 4.78 is 19.3. The smallest absolute Gasteiger partial charge is 0.344 e. The summed E-state index contributed by atoms with van der Waals surface area (Å²) in [6, 6.07) is 20.9. The van der Waals surface area contributed by atoms with E-state index in [0.29, 0.717) is 39.0 Å². The monoisotopic (exact) mass is 422 g/mol. The molecule has 0 saturated carbocycles. The summed E-state index contributed by atoms with van der Waals surface area (Å²) >= 11 is 0. The van der Waals surface area contributed by atoms with Crippen LogP contribution in [0, 0.1) is 19.7 Å². The van der Waals surface area contributed by atoms with Crippen LogP contribution < -0.4 is 4.74 Å². The van der Waals surface area contributed by atoms with Gasteiger partial charge in [0.2, 0.25) is 0 Å². The predicted octanol–water partition coefficient (Wildman–Crippen LogP) is 6.43. The summed E-state index contributed by atoms with van der Waals surface area (Å²) in [5, 5.41) is 1.60. The van der Waals surface area contributed by atoms with Gasteiger partial charge in [0.1, 0.15) is 11.3 Å². The minimum absolute atomic E-state index is 0.329. The minimum atomic E-state index is -0.496. The molecule has 0 radical (unpaired) electrons. The van der Waals surface area contributed by atoms with E-state index in [-0.39, 0.29) is 5.82 Å². The molecule has 4 nitrogen and oxygen atoms in total. The summed E-state index contributed by atoms with van der Waals surface area (Å²) in [4.78, 5) is 22.5. The number of carbonyl (C=O) groups excluding carboxylic acids is 1. The second-order valence-electron chi connectivity index (χ2n) is 7.76. The Morgan fingerprint density at radius 2 is 1.69 bits per heavy atom. The summed E-state index contributed by atoms with van der Waals surface area (Å²) in [7, 11) is 0. The van der Waals surface area contributed by atoms with Crippen molar-refractivity contribution in [1.29, 1.82) is 0 Å². The van der Waals surface area contributed by atoms with Gasteiger partial charge in [0.05, 0.1) is 16.8 Å². The molecule has 5 rings (SSSR count). The van der Waals surface area contributed by atoms with Gasteiger partial charge in [-0.05, 0) is 67.9 Å². The van der Waals surface area contributed by atoms with Gasteiger partial charge >= 0.3 is 5.97 Å². The molecular formula is C27H19FN2O2. The van der Waals surface area contributed by atoms with Crippen LogP contribution in [0.5, 0.6) is 5.75 Å². The van der Waals surface area contributed by atoms with Gasteiger partial charge in [-0.25, -0.2) is 14.2 Å². The molecule has 0 aliphatic carbocycles. The van der Waals surface area contributed by atoms with Crippen LogP contribution in [0.15, 0.2) is 79.0 Å². The fourth-order valence-electron chi connectivity index (χ4n) is 3.93. The predicted molar refractivity (Wildman–Crippen MR) is 123 cm³/mol. The van der Waals surface area contributed by atoms with Gasteiger partial charge in [-0.2, -0.15) is 0 Å². The summed E-state index contributed by atoms with van der Waals surface area (Å²) in [6.45, 7) is 3.94. The maximum Gasteiger partial charge on any atom is 0.344 e. The SMILES string of the molecule is Cc1cc(C)c2nc(-c3ccc(F)cc3)cc(C(=O)Oc3cccc4cccnc34)c2c1. The molecule has 32 heavy (non-hydrogen) atoms. The number of rotatable bonds is 3. The number of ether oxygens (including phenoxy) is 1. The van der Waals surface area contributed by atoms with E-state index >= 15 is 0 Å². The number of nitrogens with zero attached hydrogens (tertiary/aromatic N) is 2. The lowest BCUT2D eigenvalue weighted by atomic mass is 10.00. The zero-order valence-electron chi connectivity index (χ0n) is 17.6. The van der Waals surface area contributed by atoms with Crippen molar-refractivity contribution in [3.63, 3.8) is 0 Å². The van der Waals surface area contributed by atoms with Crippen LogP contribution in [0.3, 0.4) is 0 Å². The van der Waals surface area contributed by atoms with Crippen molar-refractivity contribution in [3.8, 4) is 17.0 Å². The first-order chi connectivity index (χ1) is 15.5. The second kappa shape index (κ2) is 7.85. The topological polar surface area (TPSA) is 52.1 Å². The average Bonchev–Trinajstić information content (AvgIpc) is 2.79. The number of pyridine rings is 2. The number of fused-ring (bicyclic) bond motifs is 2. The van der Waals surface area contributed by atoms with Crippen molar-refractivity contribution >= 4 is 27.8 Å². The number of hydrogen-bond acceptors (Lipinski definition) is 4. The van der Waals surface area contributed by atoms with Gasteiger partial charge in [0.25, 0.3) is 0 Å². The van der Waals surface area contributed by atoms with E-state index in [4.69, 9.17) is 9.72 Å². The zero-order valence-corrected chi connectivity index (χ0v) is 17.6. The number of benzene rings is 3. The van der Waals surface area contributed by atoms with Gasteiger partial charge in [0, 0.05) is 22.5 Å². The van der Waals surface area contributed by atoms with E-state index < -0.39 is 5.97 Å². The van der Waals surface area contributed by atoms with Crippen molar-refractivity contribution in [2.45, 2.75) is 13.8 Å². The molecule has 0 atom stereocenters. The van der Waals surface area contributed by atoms with Crippen LogP contribution >= 0.6 is 0 Å². The van der Waals surface area contributed by atoms with Crippen LogP contribution in [0.4, 0.5) is 4.39 Å². The fraction of sp³-hybridized carbons (Fsp3) is 0.0741. The Morgan fingerprint density at radius 1 is 0.906 bits per heavy atom. The highest BCUT2D eigenvalue weighted by Gasteiger charge is 2.19. The van der Waals surface area contributed by atoms with Crippen LogP contribution in [-0.2, 0) is 0 Å². The van der Waals surface area contributed by atoms with Crippen LogP contribution in [0.1, 0.15) is 21.5 Å². The maximum absolute atomic E-state index is 13.4. The number of aromatic nitrogens is 2. The molecule has 5 heteroatoms. The molecular weight excluding hydrogens is 403 g/mol. The van der Waals surface area contributed by atoms with Crippen LogP contribution in [-0.4, -0.2) is 15.9 Å². The zero-order chi connectivity index (χ0) is 22.2. The first-order valence-electron chi connectivity index (χ1n) is 10.2. The molecule has 3 aromatic carbocycles. The van der Waals surface area contributed by atoms with E-state index in [2.05, 4.69) is 4.98 Å². The highest BCUT2D eigenvalue weighted by molar-refractivity contribution is 6.07. The van der Waals surface area contributed by atoms with Gasteiger partial charge < -0.3 is 4.74 Å². The molecule has 0 bridgehead atoms. The molecule has 0 spiro atoms. The van der Waals surface area contributed by atoms with Crippen molar-refractivity contribution in [1.82, 2.24) is 9.97 Å². The Hall–Kier alpha value is -4.12. The Labute approximate surface area is 184 Å². The lowest BCUT2D eigenvalue weighted by Gasteiger charge is -2.13. The van der Waals surface area contributed by atoms with E-state index in [1.807, 2.05) is 50.2 Å². The molecule has 0 aliphatic heterocycles. The van der Waals surface area contributed by atoms with Gasteiger partial charge in [-0.1, -0.05) is 29.8 Å². The number of halogens is 1. The maximum atomic E-state index is 13.4. The fourth-order valence-corrected chi connectivity index (χ4v) is 3.93. The van der Waals surface area contributed by atoms with Crippen molar-refractivity contribution in [2.75, 3.05) is 0 Å². The highest BCUT2D eigenvalue weighted by atomic mass is 19.1. The van der Waals surface area contributed by atoms with Gasteiger partial charge in [-0.3, -0.25) is 4.98 Å². The number of para-hydroxylation sites is 1. The Morgan fingerprint density at radius 3 is 2.50 bits per heavy atom. The molecule has 0 N–H and O–H groups in total. The second-order valence-corrected chi connectivity index (χ2v) is 7.76. The summed E-state index contributed by atoms with van der Waals surface area (Å²) in [5.41, 5.74) is 4.99. The lowest BCUT2D eigenvalue weighted by Crippen LogP contribution is -2.11. The first kappa shape index (κ1) is 19.8. The number of aryl methyl sites for hydroxylation is 2. The number of hydrogen-bond donors (Lipinski definition) is 0. The van der Waals surface area contributed by atoms with Crippen LogP contribution in [0.25, 0.3) is 33.1 Å². The average molecular weight is 422 g/mol. The highest BCUT2D eigenvalue weighted by Crippen LogP contribution is 2.30. The molecule has 0 saturated heterocycles. The third-order valence-electron chi connectivity index (χ3n) is 5.41. The number of carbonyl (C=O) groups is 1. The van der Waals surface area contributed by atoms with Crippen molar-refractivity contribution < 1.29 is 13.9 Å². The molecule has 5 aromatic rings. The van der Waals surface area contributed by atoms with Crippen molar-refractivity contribution in [3.05, 3.63) is 102 Å². The minimum Gasteiger partial charge on any atom is -0.421 e. The quantitative estimate of drug-likeness (QED) is 0.248. The lowest BCUT2D eigenvalue weighted by molar-refractivity contribution is 0.0739. The van der Waals surface area contributed by atoms with Crippen molar-refractivity contribution in [2.24, 2.45) is 0 Å². The summed E-state index contributed by atoms with van der Waals surface area (Å²) in [6.07, 6.45) is 1.67. The largest absolute Gasteiger partial charge is 0.421 e. The van der Waals surface area contributed by atoms with Gasteiger partial charge in [0.15, 0.2) is 5.75 Å². The Bertz CT molecular complexity index is 1490. The standard InChI is InChI=1S/C27H19FN2O2/c1-16-13-17(2)25-21(14-16)22(15-23(30-25)18-8-10-20(28)11-9-18)27(31)32-24-7-3-5-19-6-4-12-29-26(19)24/h3-15H,1-2H3. The van der Waals surface area contributed by atoms with E-state index in [9.17, 15) is 9.18 Å². The first-order valence-corrected chi connectivity index (χ1v) is 10.2. The molecule has 2 heterocycles. The summed E-state index contributed by atoms with van der Waals surface area (Å²) in [5.74, 6) is -0.431. The Balaban J connectivity index is 1.67. The van der Waals surface area contributed by atoms with E-state index in [0.717, 1.165) is 16.5 Å². The number of esters is 1. The molecule has 2 aromatic heterocycles. The molecule has 0 aliphatic rings. The Kier molecular flexibility index (Phi) is 4.86. The molecule has 0 unspecified atom stereocenters. The molecule has 0 fully saturated rings. The van der Waals surface area contributed by atoms with E-state index in [1.54, 1.807) is 30.5 Å². The van der Waals surface area contributed by atoms with Gasteiger partial charge in [-0.15, -0.1) is 0 Å². The van der Waals surface area contributed by atoms with E-state index in [1.165, 1.54) is 12.1 Å². The normalized spacial score (nSPS) is 11.1. The third kappa shape index (κ3) is 3.58. The third-order valence-corrected chi connectivity index (χ3v) is 5.41.